The summed E-state index contributed by atoms with van der Waals surface area (Å²) >= 11 is 0. The van der Waals surface area contributed by atoms with Crippen molar-refractivity contribution in [1.82, 2.24) is 19.6 Å². The molecular formula is C21H24N4O. The zero-order chi connectivity index (χ0) is 17.8. The molecule has 1 aliphatic heterocycles. The normalized spacial score (nSPS) is 16.0. The van der Waals surface area contributed by atoms with Crippen molar-refractivity contribution in [3.8, 4) is 0 Å². The van der Waals surface area contributed by atoms with Crippen LogP contribution >= 0.6 is 0 Å². The minimum atomic E-state index is 0.0128. The molecule has 26 heavy (non-hydrogen) atoms. The maximum atomic E-state index is 12.7. The van der Waals surface area contributed by atoms with E-state index in [1.54, 1.807) is 0 Å². The fourth-order valence-corrected chi connectivity index (χ4v) is 3.63. The molecule has 1 saturated heterocycles. The summed E-state index contributed by atoms with van der Waals surface area (Å²) in [6.45, 7) is 3.10. The first-order chi connectivity index (χ1) is 12.8. The van der Waals surface area contributed by atoms with Gasteiger partial charge in [0.05, 0.1) is 18.2 Å². The molecule has 0 bridgehead atoms. The zero-order valence-corrected chi connectivity index (χ0v) is 14.8. The quantitative estimate of drug-likeness (QED) is 0.745. The summed E-state index contributed by atoms with van der Waals surface area (Å²) in [7, 11) is 0. The Labute approximate surface area is 153 Å². The lowest BCUT2D eigenvalue weighted by molar-refractivity contribution is -0.121. The lowest BCUT2D eigenvalue weighted by Crippen LogP contribution is -2.37. The highest BCUT2D eigenvalue weighted by Gasteiger charge is 2.21. The molecule has 3 aromatic rings. The van der Waals surface area contributed by atoms with E-state index in [0.29, 0.717) is 6.42 Å². The summed E-state index contributed by atoms with van der Waals surface area (Å²) in [6, 6.07) is 16.1. The van der Waals surface area contributed by atoms with Crippen molar-refractivity contribution < 1.29 is 4.79 Å². The lowest BCUT2D eigenvalue weighted by atomic mass is 10.1. The molecule has 1 atom stereocenters. The van der Waals surface area contributed by atoms with Crippen LogP contribution in [0.2, 0.25) is 0 Å². The van der Waals surface area contributed by atoms with Gasteiger partial charge >= 0.3 is 0 Å². The fraction of sp³-hybridized carbons (Fsp3) is 0.333. The maximum Gasteiger partial charge on any atom is 0.226 e. The Kier molecular flexibility index (Phi) is 4.97. The summed E-state index contributed by atoms with van der Waals surface area (Å²) in [5.41, 5.74) is 2.82. The van der Waals surface area contributed by atoms with Crippen molar-refractivity contribution in [2.24, 2.45) is 0 Å². The second-order valence-electron chi connectivity index (χ2n) is 6.91. The van der Waals surface area contributed by atoms with E-state index in [-0.39, 0.29) is 11.9 Å². The number of likely N-dealkylation sites (tertiary alicyclic amines) is 1. The van der Waals surface area contributed by atoms with E-state index >= 15 is 0 Å². The monoisotopic (exact) mass is 348 g/mol. The van der Waals surface area contributed by atoms with E-state index in [0.717, 1.165) is 36.5 Å². The molecular weight excluding hydrogens is 324 g/mol. The Morgan fingerprint density at radius 2 is 1.85 bits per heavy atom. The van der Waals surface area contributed by atoms with Crippen LogP contribution in [0.15, 0.2) is 60.9 Å². The Bertz CT molecular complexity index is 835. The molecule has 0 spiro atoms. The van der Waals surface area contributed by atoms with Crippen LogP contribution in [-0.4, -0.2) is 39.8 Å². The number of hydrogen-bond acceptors (Lipinski definition) is 3. The standard InChI is InChI=1S/C21H24N4O/c26-21(14-18-15-25-13-5-4-10-20(25)22-18)23-19(16-24-11-6-7-12-24)17-8-2-1-3-9-17/h1-5,8-10,13,15,19H,6-7,11-12,14,16H2,(H,23,26). The van der Waals surface area contributed by atoms with Crippen LogP contribution in [0.25, 0.3) is 5.65 Å². The molecule has 0 aliphatic carbocycles. The van der Waals surface area contributed by atoms with Gasteiger partial charge in [-0.3, -0.25) is 4.79 Å². The lowest BCUT2D eigenvalue weighted by Gasteiger charge is -2.25. The summed E-state index contributed by atoms with van der Waals surface area (Å²) in [5, 5.41) is 3.22. The minimum absolute atomic E-state index is 0.0128. The first kappa shape index (κ1) is 16.8. The van der Waals surface area contributed by atoms with E-state index in [4.69, 9.17) is 0 Å². The van der Waals surface area contributed by atoms with Crippen LogP contribution < -0.4 is 5.32 Å². The van der Waals surface area contributed by atoms with Gasteiger partial charge in [0.1, 0.15) is 5.65 Å². The Morgan fingerprint density at radius 1 is 1.08 bits per heavy atom. The van der Waals surface area contributed by atoms with E-state index in [2.05, 4.69) is 27.3 Å². The molecule has 2 aromatic heterocycles. The number of amides is 1. The highest BCUT2D eigenvalue weighted by molar-refractivity contribution is 5.78. The summed E-state index contributed by atoms with van der Waals surface area (Å²) in [5.74, 6) is 0.0152. The van der Waals surface area contributed by atoms with E-state index in [1.807, 2.05) is 53.2 Å². The van der Waals surface area contributed by atoms with Crippen LogP contribution in [0.1, 0.15) is 30.1 Å². The largest absolute Gasteiger partial charge is 0.348 e. The first-order valence-corrected chi connectivity index (χ1v) is 9.27. The third-order valence-corrected chi connectivity index (χ3v) is 4.93. The number of pyridine rings is 1. The molecule has 1 fully saturated rings. The van der Waals surface area contributed by atoms with Crippen molar-refractivity contribution in [1.29, 1.82) is 0 Å². The van der Waals surface area contributed by atoms with E-state index in [9.17, 15) is 4.79 Å². The third kappa shape index (κ3) is 3.94. The van der Waals surface area contributed by atoms with Crippen LogP contribution in [0.5, 0.6) is 0 Å². The first-order valence-electron chi connectivity index (χ1n) is 9.27. The smallest absolute Gasteiger partial charge is 0.226 e. The number of rotatable bonds is 6. The van der Waals surface area contributed by atoms with Gasteiger partial charge in [-0.15, -0.1) is 0 Å². The minimum Gasteiger partial charge on any atom is -0.348 e. The Balaban J connectivity index is 1.46. The van der Waals surface area contributed by atoms with Crippen LogP contribution in [0, 0.1) is 0 Å². The van der Waals surface area contributed by atoms with Crippen LogP contribution in [0.3, 0.4) is 0 Å². The summed E-state index contributed by atoms with van der Waals surface area (Å²) < 4.78 is 1.95. The summed E-state index contributed by atoms with van der Waals surface area (Å²) in [4.78, 5) is 19.6. The second-order valence-corrected chi connectivity index (χ2v) is 6.91. The Morgan fingerprint density at radius 3 is 2.62 bits per heavy atom. The SMILES string of the molecule is O=C(Cc1cn2ccccc2n1)NC(CN1CCCC1)c1ccccc1. The average Bonchev–Trinajstić information content (AvgIpc) is 3.30. The predicted octanol–water partition coefficient (Wildman–Crippen LogP) is 2.83. The van der Waals surface area contributed by atoms with Gasteiger partial charge in [0.15, 0.2) is 0 Å². The van der Waals surface area contributed by atoms with Crippen LogP contribution in [-0.2, 0) is 11.2 Å². The molecule has 1 aliphatic rings. The highest BCUT2D eigenvalue weighted by Crippen LogP contribution is 2.18. The Hall–Kier alpha value is -2.66. The van der Waals surface area contributed by atoms with Gasteiger partial charge in [-0.1, -0.05) is 36.4 Å². The highest BCUT2D eigenvalue weighted by atomic mass is 16.1. The topological polar surface area (TPSA) is 49.6 Å². The molecule has 1 aromatic carbocycles. The number of benzene rings is 1. The molecule has 4 rings (SSSR count). The molecule has 0 saturated carbocycles. The van der Waals surface area contributed by atoms with Gasteiger partial charge < -0.3 is 14.6 Å². The van der Waals surface area contributed by atoms with Crippen molar-refractivity contribution in [2.45, 2.75) is 25.3 Å². The van der Waals surface area contributed by atoms with Crippen molar-refractivity contribution in [3.05, 3.63) is 72.2 Å². The molecule has 1 N–H and O–H groups in total. The number of aromatic nitrogens is 2. The van der Waals surface area contributed by atoms with Gasteiger partial charge in [0.2, 0.25) is 5.91 Å². The van der Waals surface area contributed by atoms with Gasteiger partial charge in [-0.25, -0.2) is 4.98 Å². The van der Waals surface area contributed by atoms with Gasteiger partial charge in [0.25, 0.3) is 0 Å². The van der Waals surface area contributed by atoms with Gasteiger partial charge in [-0.2, -0.15) is 0 Å². The molecule has 134 valence electrons. The average molecular weight is 348 g/mol. The van der Waals surface area contributed by atoms with Crippen molar-refractivity contribution >= 4 is 11.6 Å². The summed E-state index contributed by atoms with van der Waals surface area (Å²) in [6.07, 6.45) is 6.66. The van der Waals surface area contributed by atoms with Crippen LogP contribution in [0.4, 0.5) is 0 Å². The molecule has 0 radical (unpaired) electrons. The maximum absolute atomic E-state index is 12.7. The number of imidazole rings is 1. The third-order valence-electron chi connectivity index (χ3n) is 4.93. The van der Waals surface area contributed by atoms with Crippen molar-refractivity contribution in [3.63, 3.8) is 0 Å². The number of hydrogen-bond donors (Lipinski definition) is 1. The molecule has 5 heteroatoms. The molecule has 5 nitrogen and oxygen atoms in total. The number of carbonyl (C=O) groups is 1. The number of fused-ring (bicyclic) bond motifs is 1. The molecule has 1 unspecified atom stereocenters. The number of carbonyl (C=O) groups excluding carboxylic acids is 1. The van der Waals surface area contributed by atoms with E-state index in [1.165, 1.54) is 12.8 Å². The predicted molar refractivity (Wildman–Crippen MR) is 102 cm³/mol. The molecule has 1 amide bonds. The van der Waals surface area contributed by atoms with Gasteiger partial charge in [0, 0.05) is 18.9 Å². The molecule has 3 heterocycles. The zero-order valence-electron chi connectivity index (χ0n) is 14.8. The second kappa shape index (κ2) is 7.70. The number of nitrogens with one attached hydrogen (secondary N) is 1. The van der Waals surface area contributed by atoms with E-state index < -0.39 is 0 Å². The van der Waals surface area contributed by atoms with Gasteiger partial charge in [-0.05, 0) is 43.6 Å². The van der Waals surface area contributed by atoms with Crippen molar-refractivity contribution in [2.75, 3.05) is 19.6 Å². The number of nitrogens with zero attached hydrogens (tertiary/aromatic N) is 3. The fourth-order valence-electron chi connectivity index (χ4n) is 3.63.